The third-order valence-electron chi connectivity index (χ3n) is 3.83. The van der Waals surface area contributed by atoms with E-state index in [1.165, 1.54) is 12.1 Å². The Balaban J connectivity index is 1.96. The molecule has 1 aliphatic heterocycles. The van der Waals surface area contributed by atoms with E-state index in [0.29, 0.717) is 0 Å². The Morgan fingerprint density at radius 2 is 2.11 bits per heavy atom. The van der Waals surface area contributed by atoms with Gasteiger partial charge in [-0.05, 0) is 50.9 Å². The van der Waals surface area contributed by atoms with Gasteiger partial charge in [0, 0.05) is 6.04 Å². The third-order valence-corrected chi connectivity index (χ3v) is 3.83. The van der Waals surface area contributed by atoms with Crippen molar-refractivity contribution in [2.45, 2.75) is 38.8 Å². The second-order valence-corrected chi connectivity index (χ2v) is 5.27. The highest BCUT2D eigenvalue weighted by Crippen LogP contribution is 2.19. The summed E-state index contributed by atoms with van der Waals surface area (Å²) in [5.41, 5.74) is 0.922. The van der Waals surface area contributed by atoms with E-state index in [1.54, 1.807) is 12.1 Å². The number of carbonyl (C=O) groups excluding carboxylic acids is 1. The Labute approximate surface area is 113 Å². The van der Waals surface area contributed by atoms with Gasteiger partial charge in [0.25, 0.3) is 0 Å². The molecule has 3 unspecified atom stereocenters. The fraction of sp³-hybridized carbons (Fsp3) is 0.533. The standard InChI is InChI=1S/C15H21FN2O/c1-10(12-5-7-13(16)8-6-12)18-15(19)14-4-3-9-17-11(14)2/h5-8,10-11,14,17H,3-4,9H2,1-2H3,(H,18,19). The number of amides is 1. The van der Waals surface area contributed by atoms with E-state index in [9.17, 15) is 9.18 Å². The number of halogens is 1. The Hall–Kier alpha value is -1.42. The van der Waals surface area contributed by atoms with Crippen molar-refractivity contribution in [3.8, 4) is 0 Å². The van der Waals surface area contributed by atoms with Crippen molar-refractivity contribution in [2.24, 2.45) is 5.92 Å². The van der Waals surface area contributed by atoms with E-state index < -0.39 is 0 Å². The van der Waals surface area contributed by atoms with Gasteiger partial charge in [-0.2, -0.15) is 0 Å². The summed E-state index contributed by atoms with van der Waals surface area (Å²) in [6, 6.07) is 6.38. The van der Waals surface area contributed by atoms with Crippen molar-refractivity contribution in [1.82, 2.24) is 10.6 Å². The zero-order valence-electron chi connectivity index (χ0n) is 11.4. The highest BCUT2D eigenvalue weighted by atomic mass is 19.1. The minimum absolute atomic E-state index is 0.0247. The first-order chi connectivity index (χ1) is 9.08. The van der Waals surface area contributed by atoms with E-state index >= 15 is 0 Å². The van der Waals surface area contributed by atoms with Gasteiger partial charge < -0.3 is 10.6 Å². The summed E-state index contributed by atoms with van der Waals surface area (Å²) in [5, 5.41) is 6.34. The predicted octanol–water partition coefficient (Wildman–Crippen LogP) is 2.39. The van der Waals surface area contributed by atoms with Gasteiger partial charge in [0.15, 0.2) is 0 Å². The van der Waals surface area contributed by atoms with Crippen molar-refractivity contribution in [1.29, 1.82) is 0 Å². The van der Waals surface area contributed by atoms with Crippen LogP contribution in [0.3, 0.4) is 0 Å². The Kier molecular flexibility index (Phi) is 4.53. The summed E-state index contributed by atoms with van der Waals surface area (Å²) in [7, 11) is 0. The summed E-state index contributed by atoms with van der Waals surface area (Å²) < 4.78 is 12.9. The van der Waals surface area contributed by atoms with Crippen LogP contribution in [-0.4, -0.2) is 18.5 Å². The van der Waals surface area contributed by atoms with E-state index in [4.69, 9.17) is 0 Å². The molecule has 2 N–H and O–H groups in total. The normalized spacial score (nSPS) is 24.8. The SMILES string of the molecule is CC(NC(=O)C1CCCNC1C)c1ccc(F)cc1. The molecule has 0 radical (unpaired) electrons. The maximum absolute atomic E-state index is 12.9. The number of carbonyl (C=O) groups is 1. The largest absolute Gasteiger partial charge is 0.349 e. The van der Waals surface area contributed by atoms with Gasteiger partial charge in [-0.3, -0.25) is 4.79 Å². The molecule has 1 amide bonds. The van der Waals surface area contributed by atoms with E-state index in [1.807, 2.05) is 13.8 Å². The van der Waals surface area contributed by atoms with Crippen LogP contribution in [-0.2, 0) is 4.79 Å². The summed E-state index contributed by atoms with van der Waals surface area (Å²) in [6.45, 7) is 4.95. The lowest BCUT2D eigenvalue weighted by Gasteiger charge is -2.30. The molecule has 3 atom stereocenters. The quantitative estimate of drug-likeness (QED) is 0.880. The van der Waals surface area contributed by atoms with Crippen molar-refractivity contribution in [3.63, 3.8) is 0 Å². The van der Waals surface area contributed by atoms with Crippen LogP contribution in [0.4, 0.5) is 4.39 Å². The summed E-state index contributed by atoms with van der Waals surface area (Å²) in [4.78, 5) is 12.2. The predicted molar refractivity (Wildman–Crippen MR) is 73.1 cm³/mol. The maximum Gasteiger partial charge on any atom is 0.225 e. The summed E-state index contributed by atoms with van der Waals surface area (Å²) in [5.74, 6) is -0.152. The molecular formula is C15H21FN2O. The van der Waals surface area contributed by atoms with E-state index in [-0.39, 0.29) is 29.7 Å². The molecule has 1 aromatic rings. The van der Waals surface area contributed by atoms with Crippen LogP contribution in [0.1, 0.15) is 38.3 Å². The van der Waals surface area contributed by atoms with Crippen LogP contribution in [0.5, 0.6) is 0 Å². The lowest BCUT2D eigenvalue weighted by molar-refractivity contribution is -0.127. The Morgan fingerprint density at radius 3 is 2.74 bits per heavy atom. The number of hydrogen-bond acceptors (Lipinski definition) is 2. The first-order valence-electron chi connectivity index (χ1n) is 6.87. The van der Waals surface area contributed by atoms with Crippen molar-refractivity contribution in [3.05, 3.63) is 35.6 Å². The number of piperidine rings is 1. The van der Waals surface area contributed by atoms with Gasteiger partial charge in [0.1, 0.15) is 5.82 Å². The zero-order valence-corrected chi connectivity index (χ0v) is 11.4. The van der Waals surface area contributed by atoms with Crippen molar-refractivity contribution in [2.75, 3.05) is 6.54 Å². The molecule has 1 saturated heterocycles. The van der Waals surface area contributed by atoms with Crippen LogP contribution in [0.15, 0.2) is 24.3 Å². The third kappa shape index (κ3) is 3.53. The van der Waals surface area contributed by atoms with Crippen molar-refractivity contribution < 1.29 is 9.18 Å². The van der Waals surface area contributed by atoms with E-state index in [0.717, 1.165) is 24.9 Å². The molecule has 2 rings (SSSR count). The molecule has 0 aromatic heterocycles. The molecule has 1 heterocycles. The van der Waals surface area contributed by atoms with Gasteiger partial charge in [0.2, 0.25) is 5.91 Å². The smallest absolute Gasteiger partial charge is 0.225 e. The minimum atomic E-state index is -0.257. The molecule has 1 aliphatic rings. The lowest BCUT2D eigenvalue weighted by atomic mass is 9.91. The zero-order chi connectivity index (χ0) is 13.8. The Morgan fingerprint density at radius 1 is 1.42 bits per heavy atom. The molecule has 1 aromatic carbocycles. The number of nitrogens with one attached hydrogen (secondary N) is 2. The molecule has 4 heteroatoms. The highest BCUT2D eigenvalue weighted by molar-refractivity contribution is 5.79. The van der Waals surface area contributed by atoms with Crippen LogP contribution in [0.2, 0.25) is 0 Å². The maximum atomic E-state index is 12.9. The van der Waals surface area contributed by atoms with Crippen LogP contribution in [0, 0.1) is 11.7 Å². The molecule has 0 bridgehead atoms. The second-order valence-electron chi connectivity index (χ2n) is 5.27. The average Bonchev–Trinajstić information content (AvgIpc) is 2.39. The van der Waals surface area contributed by atoms with Gasteiger partial charge in [-0.15, -0.1) is 0 Å². The first-order valence-corrected chi connectivity index (χ1v) is 6.87. The monoisotopic (exact) mass is 264 g/mol. The number of benzene rings is 1. The van der Waals surface area contributed by atoms with Crippen LogP contribution < -0.4 is 10.6 Å². The fourth-order valence-electron chi connectivity index (χ4n) is 2.56. The fourth-order valence-corrected chi connectivity index (χ4v) is 2.56. The lowest BCUT2D eigenvalue weighted by Crippen LogP contribution is -2.47. The topological polar surface area (TPSA) is 41.1 Å². The highest BCUT2D eigenvalue weighted by Gasteiger charge is 2.28. The average molecular weight is 264 g/mol. The minimum Gasteiger partial charge on any atom is -0.349 e. The van der Waals surface area contributed by atoms with Gasteiger partial charge in [0.05, 0.1) is 12.0 Å². The van der Waals surface area contributed by atoms with Crippen molar-refractivity contribution >= 4 is 5.91 Å². The molecule has 0 saturated carbocycles. The second kappa shape index (κ2) is 6.15. The van der Waals surface area contributed by atoms with Crippen LogP contribution >= 0.6 is 0 Å². The Bertz CT molecular complexity index is 432. The number of rotatable bonds is 3. The first kappa shape index (κ1) is 14.0. The van der Waals surface area contributed by atoms with Gasteiger partial charge >= 0.3 is 0 Å². The van der Waals surface area contributed by atoms with E-state index in [2.05, 4.69) is 10.6 Å². The molecule has 3 nitrogen and oxygen atoms in total. The molecular weight excluding hydrogens is 243 g/mol. The van der Waals surface area contributed by atoms with Gasteiger partial charge in [-0.1, -0.05) is 12.1 Å². The summed E-state index contributed by atoms with van der Waals surface area (Å²) >= 11 is 0. The molecule has 0 spiro atoms. The number of hydrogen-bond donors (Lipinski definition) is 2. The molecule has 104 valence electrons. The molecule has 19 heavy (non-hydrogen) atoms. The molecule has 0 aliphatic carbocycles. The molecule has 1 fully saturated rings. The summed E-state index contributed by atoms with van der Waals surface area (Å²) in [6.07, 6.45) is 1.96. The van der Waals surface area contributed by atoms with Gasteiger partial charge in [-0.25, -0.2) is 4.39 Å². The van der Waals surface area contributed by atoms with Crippen LogP contribution in [0.25, 0.3) is 0 Å².